The Hall–Kier alpha value is -1.81. The summed E-state index contributed by atoms with van der Waals surface area (Å²) in [6.07, 6.45) is 0.761. The molecule has 1 N–H and O–H groups in total. The average molecular weight is 265 g/mol. The van der Waals surface area contributed by atoms with E-state index in [1.165, 1.54) is 0 Å². The largest absolute Gasteiger partial charge is 0.349 e. The van der Waals surface area contributed by atoms with Gasteiger partial charge in [0.15, 0.2) is 0 Å². The Labute approximate surface area is 110 Å². The lowest BCUT2D eigenvalue weighted by Gasteiger charge is -2.03. The Balaban J connectivity index is 1.88. The number of carbonyl (C=O) groups is 1. The Kier molecular flexibility index (Phi) is 3.99. The van der Waals surface area contributed by atoms with Crippen molar-refractivity contribution < 1.29 is 9.32 Å². The van der Waals surface area contributed by atoms with Crippen molar-refractivity contribution in [1.82, 2.24) is 10.5 Å². The zero-order chi connectivity index (χ0) is 13.0. The highest BCUT2D eigenvalue weighted by molar-refractivity contribution is 6.33. The summed E-state index contributed by atoms with van der Waals surface area (Å²) in [6.45, 7) is 2.21. The van der Waals surface area contributed by atoms with E-state index < -0.39 is 0 Å². The fraction of sp³-hybridized carbons (Fsp3) is 0.231. The standard InChI is InChI=1S/C13H13ClN2O2/c1-9-11(14)12(18-16-9)13(17)15-8-7-10-5-3-2-4-6-10/h2-6H,7-8H2,1H3,(H,15,17). The quantitative estimate of drug-likeness (QED) is 0.924. The SMILES string of the molecule is Cc1noc(C(=O)NCCc2ccccc2)c1Cl. The van der Waals surface area contributed by atoms with Gasteiger partial charge in [-0.3, -0.25) is 4.79 Å². The topological polar surface area (TPSA) is 55.1 Å². The third-order valence-electron chi connectivity index (χ3n) is 2.54. The van der Waals surface area contributed by atoms with Crippen LogP contribution in [0.3, 0.4) is 0 Å². The van der Waals surface area contributed by atoms with Gasteiger partial charge < -0.3 is 9.84 Å². The van der Waals surface area contributed by atoms with Crippen LogP contribution in [-0.4, -0.2) is 17.6 Å². The maximum absolute atomic E-state index is 11.7. The van der Waals surface area contributed by atoms with Crippen LogP contribution in [0.1, 0.15) is 21.8 Å². The number of carbonyl (C=O) groups excluding carboxylic acids is 1. The molecular formula is C13H13ClN2O2. The number of hydrogen-bond donors (Lipinski definition) is 1. The van der Waals surface area contributed by atoms with E-state index in [-0.39, 0.29) is 16.7 Å². The lowest BCUT2D eigenvalue weighted by Crippen LogP contribution is -2.25. The first kappa shape index (κ1) is 12.6. The number of nitrogens with one attached hydrogen (secondary N) is 1. The molecule has 0 unspecified atom stereocenters. The first-order chi connectivity index (χ1) is 8.68. The molecular weight excluding hydrogens is 252 g/mol. The molecule has 4 nitrogen and oxygen atoms in total. The Morgan fingerprint density at radius 2 is 2.11 bits per heavy atom. The minimum absolute atomic E-state index is 0.0715. The maximum Gasteiger partial charge on any atom is 0.291 e. The highest BCUT2D eigenvalue weighted by Gasteiger charge is 2.17. The summed E-state index contributed by atoms with van der Waals surface area (Å²) in [5.74, 6) is -0.265. The lowest BCUT2D eigenvalue weighted by molar-refractivity contribution is 0.0917. The fourth-order valence-electron chi connectivity index (χ4n) is 1.55. The summed E-state index contributed by atoms with van der Waals surface area (Å²) in [7, 11) is 0. The van der Waals surface area contributed by atoms with E-state index in [4.69, 9.17) is 16.1 Å². The summed E-state index contributed by atoms with van der Waals surface area (Å²) < 4.78 is 4.87. The van der Waals surface area contributed by atoms with Crippen LogP contribution in [0.5, 0.6) is 0 Å². The van der Waals surface area contributed by atoms with Gasteiger partial charge in [0.1, 0.15) is 5.02 Å². The fourth-order valence-corrected chi connectivity index (χ4v) is 1.70. The zero-order valence-electron chi connectivity index (χ0n) is 9.94. The molecule has 0 spiro atoms. The maximum atomic E-state index is 11.7. The summed E-state index contributed by atoms with van der Waals surface area (Å²) in [5, 5.41) is 6.65. The number of amides is 1. The molecule has 1 heterocycles. The van der Waals surface area contributed by atoms with Crippen molar-refractivity contribution in [3.63, 3.8) is 0 Å². The molecule has 1 aromatic heterocycles. The summed E-state index contributed by atoms with van der Waals surface area (Å²) >= 11 is 5.88. The van der Waals surface area contributed by atoms with Gasteiger partial charge in [0, 0.05) is 6.54 Å². The molecule has 94 valence electrons. The van der Waals surface area contributed by atoms with E-state index in [1.807, 2.05) is 30.3 Å². The van der Waals surface area contributed by atoms with Crippen LogP contribution in [-0.2, 0) is 6.42 Å². The second-order valence-electron chi connectivity index (χ2n) is 3.90. The minimum Gasteiger partial charge on any atom is -0.349 e. The van der Waals surface area contributed by atoms with Crippen LogP contribution >= 0.6 is 11.6 Å². The summed E-state index contributed by atoms with van der Waals surface area (Å²) in [4.78, 5) is 11.7. The molecule has 0 fully saturated rings. The Morgan fingerprint density at radius 1 is 1.39 bits per heavy atom. The first-order valence-electron chi connectivity index (χ1n) is 5.62. The van der Waals surface area contributed by atoms with Crippen LogP contribution in [0, 0.1) is 6.92 Å². The number of aromatic nitrogens is 1. The molecule has 1 aromatic carbocycles. The highest BCUT2D eigenvalue weighted by atomic mass is 35.5. The molecule has 2 rings (SSSR count). The van der Waals surface area contributed by atoms with Gasteiger partial charge >= 0.3 is 0 Å². The third-order valence-corrected chi connectivity index (χ3v) is 2.98. The molecule has 1 amide bonds. The monoisotopic (exact) mass is 264 g/mol. The first-order valence-corrected chi connectivity index (χ1v) is 6.00. The number of halogens is 1. The van der Waals surface area contributed by atoms with Crippen molar-refractivity contribution in [1.29, 1.82) is 0 Å². The molecule has 0 aliphatic rings. The van der Waals surface area contributed by atoms with Gasteiger partial charge in [-0.05, 0) is 18.9 Å². The molecule has 2 aromatic rings. The van der Waals surface area contributed by atoms with Crippen LogP contribution in [0.4, 0.5) is 0 Å². The van der Waals surface area contributed by atoms with Gasteiger partial charge in [0.25, 0.3) is 5.91 Å². The minimum atomic E-state index is -0.337. The molecule has 0 aliphatic carbocycles. The predicted molar refractivity (Wildman–Crippen MR) is 68.7 cm³/mol. The smallest absolute Gasteiger partial charge is 0.291 e. The van der Waals surface area contributed by atoms with E-state index in [1.54, 1.807) is 6.92 Å². The number of hydrogen-bond acceptors (Lipinski definition) is 3. The normalized spacial score (nSPS) is 10.3. The number of rotatable bonds is 4. The number of benzene rings is 1. The highest BCUT2D eigenvalue weighted by Crippen LogP contribution is 2.19. The van der Waals surface area contributed by atoms with Gasteiger partial charge in [0.2, 0.25) is 5.76 Å². The predicted octanol–water partition coefficient (Wildman–Crippen LogP) is 2.61. The second-order valence-corrected chi connectivity index (χ2v) is 4.28. The molecule has 0 saturated heterocycles. The third kappa shape index (κ3) is 2.90. The van der Waals surface area contributed by atoms with E-state index in [0.717, 1.165) is 12.0 Å². The van der Waals surface area contributed by atoms with Crippen LogP contribution in [0.2, 0.25) is 5.02 Å². The van der Waals surface area contributed by atoms with Gasteiger partial charge in [-0.25, -0.2) is 0 Å². The Morgan fingerprint density at radius 3 is 2.72 bits per heavy atom. The Bertz CT molecular complexity index is 537. The van der Waals surface area contributed by atoms with E-state index in [9.17, 15) is 4.79 Å². The molecule has 0 radical (unpaired) electrons. The molecule has 0 aliphatic heterocycles. The molecule has 0 atom stereocenters. The summed E-state index contributed by atoms with van der Waals surface area (Å²) in [5.41, 5.74) is 1.68. The van der Waals surface area contributed by atoms with Crippen LogP contribution < -0.4 is 5.32 Å². The van der Waals surface area contributed by atoms with Crippen molar-refractivity contribution in [2.24, 2.45) is 0 Å². The van der Waals surface area contributed by atoms with E-state index in [0.29, 0.717) is 12.2 Å². The van der Waals surface area contributed by atoms with Gasteiger partial charge in [-0.1, -0.05) is 47.1 Å². The van der Waals surface area contributed by atoms with Gasteiger partial charge in [-0.2, -0.15) is 0 Å². The number of aryl methyl sites for hydroxylation is 1. The van der Waals surface area contributed by atoms with E-state index >= 15 is 0 Å². The van der Waals surface area contributed by atoms with Crippen molar-refractivity contribution >= 4 is 17.5 Å². The van der Waals surface area contributed by atoms with Gasteiger partial charge in [0.05, 0.1) is 5.69 Å². The molecule has 0 saturated carbocycles. The van der Waals surface area contributed by atoms with Crippen molar-refractivity contribution in [3.8, 4) is 0 Å². The van der Waals surface area contributed by atoms with Crippen LogP contribution in [0.15, 0.2) is 34.9 Å². The van der Waals surface area contributed by atoms with Crippen molar-refractivity contribution in [2.45, 2.75) is 13.3 Å². The molecule has 18 heavy (non-hydrogen) atoms. The summed E-state index contributed by atoms with van der Waals surface area (Å²) in [6, 6.07) is 9.91. The van der Waals surface area contributed by atoms with E-state index in [2.05, 4.69) is 10.5 Å². The molecule has 5 heteroatoms. The van der Waals surface area contributed by atoms with Crippen molar-refractivity contribution in [2.75, 3.05) is 6.54 Å². The number of nitrogens with zero attached hydrogens (tertiary/aromatic N) is 1. The van der Waals surface area contributed by atoms with Gasteiger partial charge in [-0.15, -0.1) is 0 Å². The second kappa shape index (κ2) is 5.69. The molecule has 0 bridgehead atoms. The van der Waals surface area contributed by atoms with Crippen molar-refractivity contribution in [3.05, 3.63) is 52.4 Å². The average Bonchev–Trinajstić information content (AvgIpc) is 2.71. The lowest BCUT2D eigenvalue weighted by atomic mass is 10.1. The van der Waals surface area contributed by atoms with Crippen LogP contribution in [0.25, 0.3) is 0 Å². The zero-order valence-corrected chi connectivity index (χ0v) is 10.7.